The zero-order valence-electron chi connectivity index (χ0n) is 22.5. The number of nitrogens with one attached hydrogen (secondary N) is 1. The van der Waals surface area contributed by atoms with Crippen molar-refractivity contribution in [2.75, 3.05) is 62.6 Å². The third kappa shape index (κ3) is 6.70. The number of halogens is 1. The highest BCUT2D eigenvalue weighted by Gasteiger charge is 2.29. The fraction of sp³-hybridized carbons (Fsp3) is 0.379. The zero-order valence-corrected chi connectivity index (χ0v) is 23.3. The highest BCUT2D eigenvalue weighted by Crippen LogP contribution is 2.27. The van der Waals surface area contributed by atoms with Gasteiger partial charge in [0.1, 0.15) is 5.75 Å². The molecule has 2 fully saturated rings. The maximum Gasteiger partial charge on any atom is 0.228 e. The van der Waals surface area contributed by atoms with E-state index in [4.69, 9.17) is 16.8 Å². The highest BCUT2D eigenvalue weighted by molar-refractivity contribution is 6.32. The molecule has 0 unspecified atom stereocenters. The van der Waals surface area contributed by atoms with E-state index in [1.54, 1.807) is 31.5 Å². The molecule has 0 bridgehead atoms. The van der Waals surface area contributed by atoms with Crippen molar-refractivity contribution in [1.29, 1.82) is 0 Å². The molecule has 2 saturated heterocycles. The predicted molar refractivity (Wildman–Crippen MR) is 156 cm³/mol. The molecule has 2 aliphatic heterocycles. The summed E-state index contributed by atoms with van der Waals surface area (Å²) < 4.78 is 0. The van der Waals surface area contributed by atoms with E-state index < -0.39 is 0 Å². The summed E-state index contributed by atoms with van der Waals surface area (Å²) in [6.07, 6.45) is 4.17. The number of phenols is 1. The molecule has 210 valence electrons. The molecule has 3 heterocycles. The number of likely N-dealkylation sites (tertiary alicyclic amines) is 1. The number of anilines is 2. The third-order valence-electron chi connectivity index (χ3n) is 7.67. The van der Waals surface area contributed by atoms with Crippen LogP contribution < -0.4 is 10.2 Å². The van der Waals surface area contributed by atoms with Crippen LogP contribution in [0.2, 0.25) is 5.02 Å². The van der Waals surface area contributed by atoms with Crippen LogP contribution in [0.3, 0.4) is 0 Å². The van der Waals surface area contributed by atoms with Crippen molar-refractivity contribution in [1.82, 2.24) is 19.8 Å². The second-order valence-corrected chi connectivity index (χ2v) is 10.7. The first kappa shape index (κ1) is 27.8. The fourth-order valence-corrected chi connectivity index (χ4v) is 5.31. The molecule has 1 amide bonds. The second-order valence-electron chi connectivity index (χ2n) is 10.3. The minimum absolute atomic E-state index is 0.00119. The number of amides is 1. The van der Waals surface area contributed by atoms with Crippen LogP contribution in [0.15, 0.2) is 60.0 Å². The van der Waals surface area contributed by atoms with E-state index in [0.29, 0.717) is 22.8 Å². The number of rotatable bonds is 8. The fourth-order valence-electron chi connectivity index (χ4n) is 5.13. The molecule has 3 N–H and O–H groups in total. The molecule has 2 aromatic carbocycles. The number of piperazine rings is 1. The lowest BCUT2D eigenvalue weighted by Gasteiger charge is -2.36. The van der Waals surface area contributed by atoms with Crippen molar-refractivity contribution in [3.63, 3.8) is 0 Å². The van der Waals surface area contributed by atoms with Gasteiger partial charge in [-0.2, -0.15) is 0 Å². The number of carbonyl (C=O) groups excluding carboxylic acids is 1. The molecule has 0 radical (unpaired) electrons. The van der Waals surface area contributed by atoms with Gasteiger partial charge in [0.25, 0.3) is 0 Å². The second kappa shape index (κ2) is 12.6. The maximum absolute atomic E-state index is 12.7. The van der Waals surface area contributed by atoms with E-state index in [9.17, 15) is 9.90 Å². The molecule has 0 saturated carbocycles. The minimum Gasteiger partial charge on any atom is -0.506 e. The van der Waals surface area contributed by atoms with Gasteiger partial charge in [-0.05, 0) is 62.4 Å². The van der Waals surface area contributed by atoms with Crippen molar-refractivity contribution in [2.45, 2.75) is 13.3 Å². The van der Waals surface area contributed by atoms with Gasteiger partial charge >= 0.3 is 0 Å². The van der Waals surface area contributed by atoms with Gasteiger partial charge in [-0.1, -0.05) is 16.8 Å². The third-order valence-corrected chi connectivity index (χ3v) is 7.98. The lowest BCUT2D eigenvalue weighted by Crippen LogP contribution is -2.48. The quantitative estimate of drug-likeness (QED) is 0.164. The van der Waals surface area contributed by atoms with Crippen LogP contribution in [0.1, 0.15) is 18.9 Å². The smallest absolute Gasteiger partial charge is 0.228 e. The summed E-state index contributed by atoms with van der Waals surface area (Å²) in [5.41, 5.74) is 3.90. The molecule has 5 rings (SSSR count). The molecular formula is C29H34ClN7O3. The molecule has 40 heavy (non-hydrogen) atoms. The Morgan fingerprint density at radius 3 is 2.40 bits per heavy atom. The number of aromatic nitrogens is 2. The number of hydrogen-bond donors (Lipinski definition) is 3. The number of hydrogen-bond acceptors (Lipinski definition) is 9. The largest absolute Gasteiger partial charge is 0.506 e. The normalized spacial score (nSPS) is 18.7. The molecule has 1 atom stereocenters. The van der Waals surface area contributed by atoms with E-state index in [2.05, 4.69) is 47.3 Å². The Labute approximate surface area is 238 Å². The first-order valence-electron chi connectivity index (χ1n) is 13.5. The van der Waals surface area contributed by atoms with Gasteiger partial charge in [0.2, 0.25) is 5.91 Å². The zero-order chi connectivity index (χ0) is 28.1. The summed E-state index contributed by atoms with van der Waals surface area (Å²) in [6, 6.07) is 13.0. The standard InChI is InChI=1S/C29H34ClN7O3/c1-20(34-40)23-17-31-28(32-18-23)21-2-5-25(6-3-21)37-14-12-35(13-15-37)10-11-36-9-8-22(19-36)29(39)33-24-4-7-27(38)26(30)16-24/h2-7,16-18,22,38,40H,8-15,19H2,1H3,(H,33,39)/b34-20+/t22-/m1/s1. The average Bonchev–Trinajstić information content (AvgIpc) is 3.47. The van der Waals surface area contributed by atoms with E-state index in [0.717, 1.165) is 64.3 Å². The Hall–Kier alpha value is -3.73. The van der Waals surface area contributed by atoms with Gasteiger partial charge in [-0.3, -0.25) is 9.69 Å². The number of carbonyl (C=O) groups is 1. The van der Waals surface area contributed by atoms with Crippen LogP contribution in [0.25, 0.3) is 11.4 Å². The number of benzene rings is 2. The van der Waals surface area contributed by atoms with Crippen LogP contribution in [0, 0.1) is 5.92 Å². The van der Waals surface area contributed by atoms with Gasteiger partial charge in [-0.25, -0.2) is 9.97 Å². The predicted octanol–water partition coefficient (Wildman–Crippen LogP) is 3.78. The summed E-state index contributed by atoms with van der Waals surface area (Å²) in [5, 5.41) is 24.8. The van der Waals surface area contributed by atoms with Crippen molar-refractivity contribution < 1.29 is 15.1 Å². The van der Waals surface area contributed by atoms with Crippen LogP contribution in [0.4, 0.5) is 11.4 Å². The van der Waals surface area contributed by atoms with E-state index in [-0.39, 0.29) is 22.6 Å². The lowest BCUT2D eigenvalue weighted by atomic mass is 10.1. The van der Waals surface area contributed by atoms with Gasteiger partial charge < -0.3 is 25.4 Å². The molecule has 3 aromatic rings. The number of oxime groups is 1. The summed E-state index contributed by atoms with van der Waals surface area (Å²) in [5.74, 6) is 0.592. The Morgan fingerprint density at radius 1 is 1.02 bits per heavy atom. The monoisotopic (exact) mass is 563 g/mol. The minimum atomic E-state index is -0.0470. The topological polar surface area (TPSA) is 117 Å². The Kier molecular flexibility index (Phi) is 8.78. The van der Waals surface area contributed by atoms with Gasteiger partial charge in [-0.15, -0.1) is 0 Å². The maximum atomic E-state index is 12.7. The first-order chi connectivity index (χ1) is 19.4. The molecule has 0 aliphatic carbocycles. The highest BCUT2D eigenvalue weighted by atomic mass is 35.5. The summed E-state index contributed by atoms with van der Waals surface area (Å²) >= 11 is 5.95. The Bertz CT molecular complexity index is 1340. The van der Waals surface area contributed by atoms with Crippen molar-refractivity contribution >= 4 is 34.6 Å². The van der Waals surface area contributed by atoms with Crippen LogP contribution in [-0.2, 0) is 4.79 Å². The van der Waals surface area contributed by atoms with E-state index in [1.807, 2.05) is 12.1 Å². The molecule has 11 heteroatoms. The van der Waals surface area contributed by atoms with Crippen LogP contribution in [-0.4, -0.2) is 94.1 Å². The molecule has 2 aliphatic rings. The molecule has 10 nitrogen and oxygen atoms in total. The van der Waals surface area contributed by atoms with Crippen LogP contribution in [0.5, 0.6) is 5.75 Å². The van der Waals surface area contributed by atoms with Gasteiger partial charge in [0.05, 0.1) is 16.7 Å². The average molecular weight is 564 g/mol. The van der Waals surface area contributed by atoms with Crippen molar-refractivity contribution in [3.8, 4) is 17.1 Å². The van der Waals surface area contributed by atoms with Crippen molar-refractivity contribution in [2.24, 2.45) is 11.1 Å². The number of aromatic hydroxyl groups is 1. The molecular weight excluding hydrogens is 530 g/mol. The van der Waals surface area contributed by atoms with Crippen LogP contribution >= 0.6 is 11.6 Å². The SMILES string of the molecule is C/C(=N\O)c1cnc(-c2ccc(N3CCN(CCN4CC[C@@H](C(=O)Nc5ccc(O)c(Cl)c5)C4)CC3)cc2)nc1. The van der Waals surface area contributed by atoms with Gasteiger partial charge in [0, 0.05) is 80.7 Å². The van der Waals surface area contributed by atoms with Crippen molar-refractivity contribution in [3.05, 3.63) is 65.4 Å². The number of nitrogens with zero attached hydrogens (tertiary/aromatic N) is 6. The number of phenolic OH excluding ortho intramolecular Hbond substituents is 1. The molecule has 1 aromatic heterocycles. The summed E-state index contributed by atoms with van der Waals surface area (Å²) in [6.45, 7) is 9.24. The lowest BCUT2D eigenvalue weighted by molar-refractivity contribution is -0.119. The van der Waals surface area contributed by atoms with E-state index >= 15 is 0 Å². The first-order valence-corrected chi connectivity index (χ1v) is 13.9. The summed E-state index contributed by atoms with van der Waals surface area (Å²) in [7, 11) is 0. The Balaban J connectivity index is 1.04. The Morgan fingerprint density at radius 2 is 1.73 bits per heavy atom. The van der Waals surface area contributed by atoms with Gasteiger partial charge in [0.15, 0.2) is 5.82 Å². The van der Waals surface area contributed by atoms with E-state index in [1.165, 1.54) is 11.8 Å². The molecule has 0 spiro atoms. The summed E-state index contributed by atoms with van der Waals surface area (Å²) in [4.78, 5) is 28.8.